The van der Waals surface area contributed by atoms with E-state index in [0.717, 1.165) is 41.0 Å². The molecule has 0 radical (unpaired) electrons. The minimum atomic E-state index is -0.367. The van der Waals surface area contributed by atoms with Crippen molar-refractivity contribution in [3.8, 4) is 0 Å². The molecule has 1 saturated carbocycles. The van der Waals surface area contributed by atoms with Gasteiger partial charge >= 0.3 is 0 Å². The number of aromatic nitrogens is 1. The van der Waals surface area contributed by atoms with Gasteiger partial charge < -0.3 is 5.32 Å². The van der Waals surface area contributed by atoms with Gasteiger partial charge in [0.05, 0.1) is 10.4 Å². The number of rotatable bonds is 3. The standard InChI is InChI=1S/C15H17N3O2/c1-9-5-11(6-9)17-15-7-10(2)16-14-4-3-12(18(19)20)8-13(14)15/h3-4,7-9,11H,5-6H2,1-2H3,(H,16,17). The van der Waals surface area contributed by atoms with E-state index in [9.17, 15) is 10.1 Å². The largest absolute Gasteiger partial charge is 0.382 e. The van der Waals surface area contributed by atoms with Gasteiger partial charge in [0.25, 0.3) is 5.69 Å². The average Bonchev–Trinajstić information content (AvgIpc) is 2.36. The Morgan fingerprint density at radius 3 is 2.75 bits per heavy atom. The van der Waals surface area contributed by atoms with Crippen molar-refractivity contribution in [3.63, 3.8) is 0 Å². The number of aryl methyl sites for hydroxylation is 1. The number of benzene rings is 1. The molecular formula is C15H17N3O2. The molecule has 0 atom stereocenters. The molecule has 1 aliphatic rings. The number of hydrogen-bond donors (Lipinski definition) is 1. The lowest BCUT2D eigenvalue weighted by atomic mass is 9.82. The highest BCUT2D eigenvalue weighted by Gasteiger charge is 2.25. The fraction of sp³-hybridized carbons (Fsp3) is 0.400. The number of fused-ring (bicyclic) bond motifs is 1. The van der Waals surface area contributed by atoms with Gasteiger partial charge in [-0.25, -0.2) is 0 Å². The maximum Gasteiger partial charge on any atom is 0.270 e. The lowest BCUT2D eigenvalue weighted by Crippen LogP contribution is -2.33. The maximum atomic E-state index is 10.9. The molecule has 3 rings (SSSR count). The van der Waals surface area contributed by atoms with Crippen LogP contribution in [0.3, 0.4) is 0 Å². The van der Waals surface area contributed by atoms with E-state index >= 15 is 0 Å². The van der Waals surface area contributed by atoms with E-state index in [2.05, 4.69) is 17.2 Å². The van der Waals surface area contributed by atoms with Crippen LogP contribution in [0.1, 0.15) is 25.5 Å². The van der Waals surface area contributed by atoms with Crippen molar-refractivity contribution in [1.29, 1.82) is 0 Å². The van der Waals surface area contributed by atoms with Gasteiger partial charge in [0, 0.05) is 34.9 Å². The Bertz CT molecular complexity index is 678. The monoisotopic (exact) mass is 271 g/mol. The maximum absolute atomic E-state index is 10.9. The predicted molar refractivity (Wildman–Crippen MR) is 78.9 cm³/mol. The van der Waals surface area contributed by atoms with Gasteiger partial charge in [-0.15, -0.1) is 0 Å². The normalized spacial score (nSPS) is 21.5. The van der Waals surface area contributed by atoms with Gasteiger partial charge in [-0.2, -0.15) is 0 Å². The molecule has 1 aromatic carbocycles. The van der Waals surface area contributed by atoms with Crippen molar-refractivity contribution in [3.05, 3.63) is 40.1 Å². The number of non-ortho nitro benzene ring substituents is 1. The molecule has 0 amide bonds. The van der Waals surface area contributed by atoms with Crippen LogP contribution in [0.25, 0.3) is 10.9 Å². The summed E-state index contributed by atoms with van der Waals surface area (Å²) in [4.78, 5) is 15.0. The first-order valence-corrected chi connectivity index (χ1v) is 6.85. The molecular weight excluding hydrogens is 254 g/mol. The highest BCUT2D eigenvalue weighted by molar-refractivity contribution is 5.93. The Labute approximate surface area is 117 Å². The van der Waals surface area contributed by atoms with Crippen LogP contribution in [0.15, 0.2) is 24.3 Å². The number of anilines is 1. The SMILES string of the molecule is Cc1cc(NC2CC(C)C2)c2cc([N+](=O)[O-])ccc2n1. The Morgan fingerprint density at radius 2 is 2.10 bits per heavy atom. The Morgan fingerprint density at radius 1 is 1.35 bits per heavy atom. The van der Waals surface area contributed by atoms with Gasteiger partial charge in [-0.05, 0) is 37.8 Å². The number of nitro groups is 1. The summed E-state index contributed by atoms with van der Waals surface area (Å²) < 4.78 is 0. The molecule has 5 nitrogen and oxygen atoms in total. The highest BCUT2D eigenvalue weighted by Crippen LogP contribution is 2.33. The van der Waals surface area contributed by atoms with Crippen LogP contribution < -0.4 is 5.32 Å². The fourth-order valence-electron chi connectivity index (χ4n) is 2.82. The third-order valence-electron chi connectivity index (χ3n) is 3.86. The number of hydrogen-bond acceptors (Lipinski definition) is 4. The topological polar surface area (TPSA) is 68.1 Å². The summed E-state index contributed by atoms with van der Waals surface area (Å²) in [6, 6.07) is 7.26. The van der Waals surface area contributed by atoms with Crippen LogP contribution in [0.5, 0.6) is 0 Å². The first kappa shape index (κ1) is 12.8. The van der Waals surface area contributed by atoms with Crippen molar-refractivity contribution < 1.29 is 4.92 Å². The minimum Gasteiger partial charge on any atom is -0.382 e. The fourth-order valence-corrected chi connectivity index (χ4v) is 2.82. The van der Waals surface area contributed by atoms with Crippen LogP contribution in [0.2, 0.25) is 0 Å². The molecule has 2 aromatic rings. The highest BCUT2D eigenvalue weighted by atomic mass is 16.6. The summed E-state index contributed by atoms with van der Waals surface area (Å²) in [6.07, 6.45) is 2.30. The first-order chi connectivity index (χ1) is 9.52. The first-order valence-electron chi connectivity index (χ1n) is 6.85. The number of pyridine rings is 1. The second kappa shape index (κ2) is 4.74. The number of nitro benzene ring substituents is 1. The van der Waals surface area contributed by atoms with Gasteiger partial charge in [-0.3, -0.25) is 15.1 Å². The third-order valence-corrected chi connectivity index (χ3v) is 3.86. The zero-order valence-corrected chi connectivity index (χ0v) is 11.6. The third kappa shape index (κ3) is 2.31. The van der Waals surface area contributed by atoms with E-state index in [-0.39, 0.29) is 10.6 Å². The van der Waals surface area contributed by atoms with Crippen molar-refractivity contribution in [2.75, 3.05) is 5.32 Å². The number of nitrogens with one attached hydrogen (secondary N) is 1. The molecule has 0 bridgehead atoms. The van der Waals surface area contributed by atoms with Gasteiger partial charge in [0.2, 0.25) is 0 Å². The number of nitrogens with zero attached hydrogens (tertiary/aromatic N) is 2. The van der Waals surface area contributed by atoms with Crippen LogP contribution >= 0.6 is 0 Å². The van der Waals surface area contributed by atoms with E-state index < -0.39 is 0 Å². The molecule has 104 valence electrons. The Kier molecular flexibility index (Phi) is 3.04. The summed E-state index contributed by atoms with van der Waals surface area (Å²) in [5, 5.41) is 15.2. The average molecular weight is 271 g/mol. The molecule has 0 spiro atoms. The van der Waals surface area contributed by atoms with Crippen LogP contribution in [-0.2, 0) is 0 Å². The predicted octanol–water partition coefficient (Wildman–Crippen LogP) is 3.66. The molecule has 1 fully saturated rings. The van der Waals surface area contributed by atoms with E-state index in [1.165, 1.54) is 6.07 Å². The van der Waals surface area contributed by atoms with Gasteiger partial charge in [0.15, 0.2) is 0 Å². The van der Waals surface area contributed by atoms with E-state index in [4.69, 9.17) is 0 Å². The molecule has 0 saturated heterocycles. The van der Waals surface area contributed by atoms with Crippen LogP contribution in [0.4, 0.5) is 11.4 Å². The van der Waals surface area contributed by atoms with Crippen LogP contribution in [-0.4, -0.2) is 15.9 Å². The molecule has 1 N–H and O–H groups in total. The molecule has 20 heavy (non-hydrogen) atoms. The molecule has 0 aliphatic heterocycles. The van der Waals surface area contributed by atoms with Crippen molar-refractivity contribution in [2.45, 2.75) is 32.7 Å². The molecule has 1 aromatic heterocycles. The zero-order chi connectivity index (χ0) is 14.3. The van der Waals surface area contributed by atoms with Crippen molar-refractivity contribution in [2.24, 2.45) is 5.92 Å². The van der Waals surface area contributed by atoms with E-state index in [1.54, 1.807) is 12.1 Å². The minimum absolute atomic E-state index is 0.105. The summed E-state index contributed by atoms with van der Waals surface area (Å²) in [6.45, 7) is 4.17. The van der Waals surface area contributed by atoms with E-state index in [1.807, 2.05) is 13.0 Å². The zero-order valence-electron chi connectivity index (χ0n) is 11.6. The van der Waals surface area contributed by atoms with Crippen LogP contribution in [0, 0.1) is 23.0 Å². The van der Waals surface area contributed by atoms with E-state index in [0.29, 0.717) is 6.04 Å². The smallest absolute Gasteiger partial charge is 0.270 e. The summed E-state index contributed by atoms with van der Waals surface area (Å²) >= 11 is 0. The lowest BCUT2D eigenvalue weighted by Gasteiger charge is -2.34. The molecule has 1 heterocycles. The summed E-state index contributed by atoms with van der Waals surface area (Å²) in [5.74, 6) is 0.760. The van der Waals surface area contributed by atoms with Gasteiger partial charge in [-0.1, -0.05) is 6.92 Å². The van der Waals surface area contributed by atoms with Gasteiger partial charge in [0.1, 0.15) is 0 Å². The molecule has 0 unspecified atom stereocenters. The lowest BCUT2D eigenvalue weighted by molar-refractivity contribution is -0.384. The second-order valence-corrected chi connectivity index (χ2v) is 5.69. The van der Waals surface area contributed by atoms with Crippen molar-refractivity contribution in [1.82, 2.24) is 4.98 Å². The summed E-state index contributed by atoms with van der Waals surface area (Å²) in [5.41, 5.74) is 2.77. The Hall–Kier alpha value is -2.17. The molecule has 5 heteroatoms. The Balaban J connectivity index is 2.03. The van der Waals surface area contributed by atoms with Crippen molar-refractivity contribution >= 4 is 22.3 Å². The second-order valence-electron chi connectivity index (χ2n) is 5.69. The quantitative estimate of drug-likeness (QED) is 0.683. The summed E-state index contributed by atoms with van der Waals surface area (Å²) in [7, 11) is 0. The molecule has 1 aliphatic carbocycles.